The molecule has 2 amide bonds. The van der Waals surface area contributed by atoms with E-state index < -0.39 is 6.09 Å². The number of hydrogen-bond acceptors (Lipinski definition) is 8. The number of nitriles is 1. The molecule has 0 spiro atoms. The summed E-state index contributed by atoms with van der Waals surface area (Å²) in [4.78, 5) is 26.4. The molecule has 0 fully saturated rings. The van der Waals surface area contributed by atoms with Crippen LogP contribution < -0.4 is 10.6 Å². The van der Waals surface area contributed by atoms with Gasteiger partial charge in [-0.1, -0.05) is 11.2 Å². The Morgan fingerprint density at radius 3 is 3.06 bits per heavy atom. The molecule has 2 N–H and O–H groups in total. The van der Waals surface area contributed by atoms with Crippen molar-refractivity contribution in [2.45, 2.75) is 32.7 Å². The summed E-state index contributed by atoms with van der Waals surface area (Å²) in [7, 11) is 0. The average Bonchev–Trinajstić information content (AvgIpc) is 3.54. The molecule has 0 radical (unpaired) electrons. The lowest BCUT2D eigenvalue weighted by Gasteiger charge is -2.21. The van der Waals surface area contributed by atoms with Crippen LogP contribution in [0.5, 0.6) is 0 Å². The SMILES string of the molecule is Cc1oncc1CNC(=O)OCC1CCc2c(sc(NC(=O)/C=C/c3cccs3)c2C#N)C1. The van der Waals surface area contributed by atoms with Gasteiger partial charge in [0.2, 0.25) is 5.91 Å². The van der Waals surface area contributed by atoms with Crippen molar-refractivity contribution in [3.05, 3.63) is 62.0 Å². The number of carbonyl (C=O) groups is 2. The second kappa shape index (κ2) is 10.5. The molecule has 0 aliphatic heterocycles. The number of amides is 2. The monoisotopic (exact) mass is 482 g/mol. The third-order valence-electron chi connectivity index (χ3n) is 5.38. The summed E-state index contributed by atoms with van der Waals surface area (Å²) in [5.74, 6) is 0.553. The van der Waals surface area contributed by atoms with Crippen molar-refractivity contribution in [1.82, 2.24) is 10.5 Å². The Bertz CT molecular complexity index is 1200. The number of carbonyl (C=O) groups excluding carboxylic acids is 2. The molecule has 1 atom stereocenters. The summed E-state index contributed by atoms with van der Waals surface area (Å²) in [6.07, 6.45) is 6.53. The molecule has 8 nitrogen and oxygen atoms in total. The minimum Gasteiger partial charge on any atom is -0.449 e. The molecule has 1 aliphatic carbocycles. The van der Waals surface area contributed by atoms with Gasteiger partial charge in [-0.05, 0) is 55.2 Å². The molecule has 33 heavy (non-hydrogen) atoms. The minimum absolute atomic E-state index is 0.160. The lowest BCUT2D eigenvalue weighted by Crippen LogP contribution is -2.27. The van der Waals surface area contributed by atoms with Crippen LogP contribution in [0, 0.1) is 24.2 Å². The van der Waals surface area contributed by atoms with Crippen LogP contribution in [0.25, 0.3) is 6.08 Å². The number of aryl methyl sites for hydroxylation is 1. The number of thiophene rings is 2. The van der Waals surface area contributed by atoms with Gasteiger partial charge in [0.15, 0.2) is 0 Å². The van der Waals surface area contributed by atoms with Gasteiger partial charge in [0.05, 0.1) is 24.9 Å². The predicted octanol–water partition coefficient (Wildman–Crippen LogP) is 4.66. The first-order chi connectivity index (χ1) is 16.0. The normalized spacial score (nSPS) is 15.1. The Kier molecular flexibility index (Phi) is 7.22. The maximum atomic E-state index is 12.3. The number of hydrogen-bond donors (Lipinski definition) is 2. The highest BCUT2D eigenvalue weighted by Gasteiger charge is 2.27. The van der Waals surface area contributed by atoms with Gasteiger partial charge in [-0.3, -0.25) is 4.79 Å². The average molecular weight is 483 g/mol. The van der Waals surface area contributed by atoms with Gasteiger partial charge in [0.25, 0.3) is 0 Å². The van der Waals surface area contributed by atoms with Crippen molar-refractivity contribution in [3.63, 3.8) is 0 Å². The number of ether oxygens (including phenoxy) is 1. The van der Waals surface area contributed by atoms with E-state index in [2.05, 4.69) is 21.9 Å². The summed E-state index contributed by atoms with van der Waals surface area (Å²) in [6, 6.07) is 6.09. The van der Waals surface area contributed by atoms with Gasteiger partial charge in [-0.2, -0.15) is 5.26 Å². The van der Waals surface area contributed by atoms with Gasteiger partial charge < -0.3 is 19.9 Å². The molecule has 0 bridgehead atoms. The topological polar surface area (TPSA) is 117 Å². The maximum absolute atomic E-state index is 12.3. The maximum Gasteiger partial charge on any atom is 0.407 e. The third-order valence-corrected chi connectivity index (χ3v) is 7.39. The van der Waals surface area contributed by atoms with E-state index in [0.29, 0.717) is 42.3 Å². The number of rotatable bonds is 7. The molecule has 4 rings (SSSR count). The molecule has 0 aromatic carbocycles. The zero-order valence-electron chi connectivity index (χ0n) is 17.9. The molecule has 3 aromatic rings. The van der Waals surface area contributed by atoms with Crippen LogP contribution in [0.4, 0.5) is 9.80 Å². The number of nitrogens with one attached hydrogen (secondary N) is 2. The van der Waals surface area contributed by atoms with E-state index >= 15 is 0 Å². The molecule has 3 heterocycles. The molecule has 0 saturated heterocycles. The molecular weight excluding hydrogens is 460 g/mol. The van der Waals surface area contributed by atoms with Gasteiger partial charge >= 0.3 is 6.09 Å². The molecule has 170 valence electrons. The lowest BCUT2D eigenvalue weighted by atomic mass is 9.88. The minimum atomic E-state index is -0.490. The fraction of sp³-hybridized carbons (Fsp3) is 0.304. The molecule has 10 heteroatoms. The van der Waals surface area contributed by atoms with E-state index in [1.807, 2.05) is 17.5 Å². The van der Waals surface area contributed by atoms with Crippen LogP contribution in [0.2, 0.25) is 0 Å². The molecule has 1 unspecified atom stereocenters. The van der Waals surface area contributed by atoms with Gasteiger partial charge in [-0.25, -0.2) is 4.79 Å². The predicted molar refractivity (Wildman–Crippen MR) is 126 cm³/mol. The Balaban J connectivity index is 1.31. The Labute approximate surface area is 198 Å². The molecule has 1 aliphatic rings. The number of nitrogens with zero attached hydrogens (tertiary/aromatic N) is 2. The first kappa shape index (κ1) is 22.8. The standard InChI is InChI=1S/C23H22N4O4S2/c1-14-16(12-26-31-14)11-25-23(29)30-13-15-4-6-18-19(10-24)22(33-20(18)9-15)27-21(28)7-5-17-3-2-8-32-17/h2-3,5,7-8,12,15H,4,6,9,11,13H2,1H3,(H,25,29)(H,27,28)/b7-5+. The van der Waals surface area contributed by atoms with Crippen molar-refractivity contribution >= 4 is 45.8 Å². The molecular formula is C23H22N4O4S2. The van der Waals surface area contributed by atoms with E-state index in [4.69, 9.17) is 9.26 Å². The number of alkyl carbamates (subject to hydrolysis) is 1. The highest BCUT2D eigenvalue weighted by atomic mass is 32.1. The fourth-order valence-electron chi connectivity index (χ4n) is 3.60. The summed E-state index contributed by atoms with van der Waals surface area (Å²) >= 11 is 2.97. The molecule has 3 aromatic heterocycles. The second-order valence-corrected chi connectivity index (χ2v) is 9.71. The summed E-state index contributed by atoms with van der Waals surface area (Å²) in [5, 5.41) is 21.4. The van der Waals surface area contributed by atoms with Crippen molar-refractivity contribution in [1.29, 1.82) is 5.26 Å². The van der Waals surface area contributed by atoms with E-state index in [-0.39, 0.29) is 11.8 Å². The summed E-state index contributed by atoms with van der Waals surface area (Å²) in [5.41, 5.74) is 2.33. The number of anilines is 1. The van der Waals surface area contributed by atoms with Gasteiger partial charge in [0.1, 0.15) is 16.8 Å². The zero-order chi connectivity index (χ0) is 23.2. The summed E-state index contributed by atoms with van der Waals surface area (Å²) in [6.45, 7) is 2.37. The van der Waals surface area contributed by atoms with Crippen molar-refractivity contribution in [3.8, 4) is 6.07 Å². The van der Waals surface area contributed by atoms with E-state index in [1.165, 1.54) is 17.4 Å². The van der Waals surface area contributed by atoms with Crippen LogP contribution in [-0.4, -0.2) is 23.8 Å². The zero-order valence-corrected chi connectivity index (χ0v) is 19.6. The van der Waals surface area contributed by atoms with Crippen LogP contribution in [0.3, 0.4) is 0 Å². The van der Waals surface area contributed by atoms with Crippen molar-refractivity contribution in [2.24, 2.45) is 5.92 Å². The third kappa shape index (κ3) is 5.69. The highest BCUT2D eigenvalue weighted by Crippen LogP contribution is 2.39. The number of fused-ring (bicyclic) bond motifs is 1. The van der Waals surface area contributed by atoms with E-state index in [0.717, 1.165) is 27.3 Å². The van der Waals surface area contributed by atoms with Crippen LogP contribution >= 0.6 is 22.7 Å². The van der Waals surface area contributed by atoms with Crippen molar-refractivity contribution in [2.75, 3.05) is 11.9 Å². The van der Waals surface area contributed by atoms with E-state index in [9.17, 15) is 14.9 Å². The van der Waals surface area contributed by atoms with Crippen LogP contribution in [-0.2, 0) is 28.9 Å². The van der Waals surface area contributed by atoms with E-state index in [1.54, 1.807) is 30.5 Å². The Hall–Kier alpha value is -3.42. The second-order valence-electron chi connectivity index (χ2n) is 7.63. The van der Waals surface area contributed by atoms with Crippen molar-refractivity contribution < 1.29 is 18.8 Å². The van der Waals surface area contributed by atoms with Gasteiger partial charge in [0, 0.05) is 21.4 Å². The largest absolute Gasteiger partial charge is 0.449 e. The smallest absolute Gasteiger partial charge is 0.407 e. The first-order valence-electron chi connectivity index (χ1n) is 10.4. The fourth-order valence-corrected chi connectivity index (χ4v) is 5.53. The van der Waals surface area contributed by atoms with Gasteiger partial charge in [-0.15, -0.1) is 22.7 Å². The lowest BCUT2D eigenvalue weighted by molar-refractivity contribution is -0.111. The van der Waals surface area contributed by atoms with Crippen LogP contribution in [0.15, 0.2) is 34.3 Å². The first-order valence-corrected chi connectivity index (χ1v) is 12.1. The van der Waals surface area contributed by atoms with Crippen LogP contribution in [0.1, 0.15) is 38.6 Å². The molecule has 0 saturated carbocycles. The highest BCUT2D eigenvalue weighted by molar-refractivity contribution is 7.16. The Morgan fingerprint density at radius 1 is 1.45 bits per heavy atom. The Morgan fingerprint density at radius 2 is 2.33 bits per heavy atom. The number of aromatic nitrogens is 1. The quantitative estimate of drug-likeness (QED) is 0.473. The summed E-state index contributed by atoms with van der Waals surface area (Å²) < 4.78 is 10.4.